The number of benzene rings is 1. The Morgan fingerprint density at radius 3 is 3.12 bits per heavy atom. The van der Waals surface area contributed by atoms with Crippen LogP contribution in [0, 0.1) is 11.7 Å². The van der Waals surface area contributed by atoms with E-state index < -0.39 is 5.97 Å². The third-order valence-electron chi connectivity index (χ3n) is 2.95. The molecule has 4 heteroatoms. The number of carboxylic acids is 1. The second-order valence-corrected chi connectivity index (χ2v) is 4.32. The van der Waals surface area contributed by atoms with E-state index in [9.17, 15) is 9.18 Å². The fourth-order valence-corrected chi connectivity index (χ4v) is 2.08. The molecule has 0 fully saturated rings. The van der Waals surface area contributed by atoms with Gasteiger partial charge in [0.2, 0.25) is 0 Å². The summed E-state index contributed by atoms with van der Waals surface area (Å²) in [5.74, 6) is -1.41. The van der Waals surface area contributed by atoms with E-state index >= 15 is 0 Å². The van der Waals surface area contributed by atoms with Crippen LogP contribution in [0.25, 0.3) is 0 Å². The first-order chi connectivity index (χ1) is 7.56. The molecule has 0 aliphatic carbocycles. The topological polar surface area (TPSA) is 49.3 Å². The van der Waals surface area contributed by atoms with Crippen molar-refractivity contribution in [2.24, 2.45) is 5.92 Å². The number of hydrogen-bond donors (Lipinski definition) is 2. The quantitative estimate of drug-likeness (QED) is 0.826. The number of anilines is 1. The van der Waals surface area contributed by atoms with E-state index in [1.54, 1.807) is 13.0 Å². The molecule has 0 radical (unpaired) electrons. The lowest BCUT2D eigenvalue weighted by atomic mass is 9.99. The summed E-state index contributed by atoms with van der Waals surface area (Å²) >= 11 is 0. The molecule has 0 aromatic heterocycles. The van der Waals surface area contributed by atoms with Crippen molar-refractivity contribution >= 4 is 11.7 Å². The highest BCUT2D eigenvalue weighted by molar-refractivity contribution is 5.69. The maximum Gasteiger partial charge on any atom is 0.306 e. The number of fused-ring (bicyclic) bond motifs is 1. The Kier molecular flexibility index (Phi) is 2.81. The molecule has 86 valence electrons. The van der Waals surface area contributed by atoms with Gasteiger partial charge in [-0.2, -0.15) is 0 Å². The molecule has 0 bridgehead atoms. The van der Waals surface area contributed by atoms with Crippen LogP contribution >= 0.6 is 0 Å². The molecule has 2 unspecified atom stereocenters. The first-order valence-electron chi connectivity index (χ1n) is 5.34. The molecule has 1 aromatic rings. The van der Waals surface area contributed by atoms with Gasteiger partial charge in [-0.25, -0.2) is 4.39 Å². The number of aliphatic carboxylic acids is 1. The van der Waals surface area contributed by atoms with Crippen molar-refractivity contribution in [1.82, 2.24) is 0 Å². The van der Waals surface area contributed by atoms with Crippen LogP contribution in [-0.4, -0.2) is 17.1 Å². The van der Waals surface area contributed by atoms with Gasteiger partial charge in [-0.1, -0.05) is 6.92 Å². The van der Waals surface area contributed by atoms with Crippen LogP contribution in [0.4, 0.5) is 10.1 Å². The summed E-state index contributed by atoms with van der Waals surface area (Å²) in [7, 11) is 0. The predicted octanol–water partition coefficient (Wildman–Crippen LogP) is 2.27. The van der Waals surface area contributed by atoms with Crippen LogP contribution < -0.4 is 5.32 Å². The summed E-state index contributed by atoms with van der Waals surface area (Å²) in [6.45, 7) is 1.69. The predicted molar refractivity (Wildman–Crippen MR) is 58.9 cm³/mol. The van der Waals surface area contributed by atoms with E-state index in [-0.39, 0.29) is 17.8 Å². The molecule has 1 heterocycles. The highest BCUT2D eigenvalue weighted by Gasteiger charge is 2.24. The highest BCUT2D eigenvalue weighted by Crippen LogP contribution is 2.29. The molecule has 2 rings (SSSR count). The van der Waals surface area contributed by atoms with E-state index in [4.69, 9.17) is 5.11 Å². The Hall–Kier alpha value is -1.58. The minimum atomic E-state index is -0.788. The second-order valence-electron chi connectivity index (χ2n) is 4.32. The monoisotopic (exact) mass is 223 g/mol. The highest BCUT2D eigenvalue weighted by atomic mass is 19.1. The number of rotatable bonds is 3. The second kappa shape index (κ2) is 4.12. The van der Waals surface area contributed by atoms with Crippen LogP contribution in [-0.2, 0) is 11.2 Å². The molecule has 0 saturated carbocycles. The zero-order valence-corrected chi connectivity index (χ0v) is 9.03. The van der Waals surface area contributed by atoms with Crippen LogP contribution in [0.5, 0.6) is 0 Å². The number of carboxylic acid groups (broad SMARTS) is 1. The average molecular weight is 223 g/mol. The van der Waals surface area contributed by atoms with E-state index in [2.05, 4.69) is 5.32 Å². The van der Waals surface area contributed by atoms with Gasteiger partial charge in [0.05, 0.1) is 5.92 Å². The van der Waals surface area contributed by atoms with Gasteiger partial charge in [-0.3, -0.25) is 4.79 Å². The van der Waals surface area contributed by atoms with Crippen LogP contribution in [0.3, 0.4) is 0 Å². The van der Waals surface area contributed by atoms with Crippen LogP contribution in [0.1, 0.15) is 18.9 Å². The van der Waals surface area contributed by atoms with E-state index in [1.165, 1.54) is 12.1 Å². The summed E-state index contributed by atoms with van der Waals surface area (Å²) in [6.07, 6.45) is 1.26. The molecule has 0 saturated heterocycles. The van der Waals surface area contributed by atoms with Gasteiger partial charge < -0.3 is 10.4 Å². The minimum Gasteiger partial charge on any atom is -0.481 e. The van der Waals surface area contributed by atoms with Crippen molar-refractivity contribution < 1.29 is 14.3 Å². The molecule has 2 atom stereocenters. The van der Waals surface area contributed by atoms with Gasteiger partial charge >= 0.3 is 5.97 Å². The lowest BCUT2D eigenvalue weighted by Gasteiger charge is -2.13. The lowest BCUT2D eigenvalue weighted by Crippen LogP contribution is -2.22. The van der Waals surface area contributed by atoms with Gasteiger partial charge in [0.1, 0.15) is 5.82 Å². The van der Waals surface area contributed by atoms with Gasteiger partial charge in [0.15, 0.2) is 0 Å². The number of hydrogen-bond acceptors (Lipinski definition) is 2. The summed E-state index contributed by atoms with van der Waals surface area (Å²) in [4.78, 5) is 10.7. The molecular weight excluding hydrogens is 209 g/mol. The molecule has 1 aliphatic rings. The summed E-state index contributed by atoms with van der Waals surface area (Å²) < 4.78 is 13.0. The van der Waals surface area contributed by atoms with Crippen LogP contribution in [0.2, 0.25) is 0 Å². The molecule has 1 aromatic carbocycles. The van der Waals surface area contributed by atoms with Crippen molar-refractivity contribution in [3.8, 4) is 0 Å². The molecule has 3 nitrogen and oxygen atoms in total. The fraction of sp³-hybridized carbons (Fsp3) is 0.417. The Morgan fingerprint density at radius 2 is 2.44 bits per heavy atom. The Balaban J connectivity index is 2.03. The van der Waals surface area contributed by atoms with Gasteiger partial charge in [0.25, 0.3) is 0 Å². The Morgan fingerprint density at radius 1 is 1.69 bits per heavy atom. The fourth-order valence-electron chi connectivity index (χ4n) is 2.08. The van der Waals surface area contributed by atoms with Gasteiger partial charge in [0, 0.05) is 11.7 Å². The average Bonchev–Trinajstić information content (AvgIpc) is 2.58. The van der Waals surface area contributed by atoms with Crippen molar-refractivity contribution in [1.29, 1.82) is 0 Å². The van der Waals surface area contributed by atoms with Crippen molar-refractivity contribution in [2.45, 2.75) is 25.8 Å². The molecule has 1 aliphatic heterocycles. The van der Waals surface area contributed by atoms with Crippen molar-refractivity contribution in [3.63, 3.8) is 0 Å². The number of nitrogens with one attached hydrogen (secondary N) is 1. The summed E-state index contributed by atoms with van der Waals surface area (Å²) in [6, 6.07) is 4.72. The molecular formula is C12H14FNO2. The van der Waals surface area contributed by atoms with Crippen LogP contribution in [0.15, 0.2) is 18.2 Å². The maximum absolute atomic E-state index is 13.0. The molecule has 0 amide bonds. The third kappa shape index (κ3) is 2.15. The minimum absolute atomic E-state index is 0.0999. The summed E-state index contributed by atoms with van der Waals surface area (Å²) in [5, 5.41) is 12.0. The lowest BCUT2D eigenvalue weighted by molar-refractivity contribution is -0.141. The van der Waals surface area contributed by atoms with E-state index in [0.29, 0.717) is 12.8 Å². The van der Waals surface area contributed by atoms with Gasteiger partial charge in [-0.05, 0) is 36.6 Å². The third-order valence-corrected chi connectivity index (χ3v) is 2.95. The number of halogens is 1. The van der Waals surface area contributed by atoms with Crippen molar-refractivity contribution in [2.75, 3.05) is 5.32 Å². The normalized spacial score (nSPS) is 20.0. The van der Waals surface area contributed by atoms with E-state index in [1.807, 2.05) is 0 Å². The molecule has 2 N–H and O–H groups in total. The maximum atomic E-state index is 13.0. The first-order valence-corrected chi connectivity index (χ1v) is 5.34. The standard InChI is InChI=1S/C12H14FNO2/c1-7(12(15)16)4-10-6-8-5-9(13)2-3-11(8)14-10/h2-3,5,7,10,14H,4,6H2,1H3,(H,15,16). The zero-order chi connectivity index (χ0) is 11.7. The molecule has 0 spiro atoms. The Labute approximate surface area is 93.3 Å². The SMILES string of the molecule is CC(CC1Cc2cc(F)ccc2N1)C(=O)O. The molecule has 16 heavy (non-hydrogen) atoms. The van der Waals surface area contributed by atoms with Gasteiger partial charge in [-0.15, -0.1) is 0 Å². The number of carbonyl (C=O) groups is 1. The smallest absolute Gasteiger partial charge is 0.306 e. The van der Waals surface area contributed by atoms with E-state index in [0.717, 1.165) is 11.3 Å². The summed E-state index contributed by atoms with van der Waals surface area (Å²) in [5.41, 5.74) is 1.85. The zero-order valence-electron chi connectivity index (χ0n) is 9.03. The Bertz CT molecular complexity index is 419. The first kappa shape index (κ1) is 10.9. The largest absolute Gasteiger partial charge is 0.481 e. The van der Waals surface area contributed by atoms with Crippen molar-refractivity contribution in [3.05, 3.63) is 29.6 Å².